The van der Waals surface area contributed by atoms with Gasteiger partial charge in [0.25, 0.3) is 0 Å². The van der Waals surface area contributed by atoms with Crippen LogP contribution >= 0.6 is 0 Å². The zero-order chi connectivity index (χ0) is 16.4. The van der Waals surface area contributed by atoms with E-state index in [4.69, 9.17) is 4.74 Å². The van der Waals surface area contributed by atoms with Crippen LogP contribution < -0.4 is 5.32 Å². The third-order valence-corrected chi connectivity index (χ3v) is 4.04. The fourth-order valence-electron chi connectivity index (χ4n) is 2.77. The van der Waals surface area contributed by atoms with Gasteiger partial charge in [-0.15, -0.1) is 0 Å². The highest BCUT2D eigenvalue weighted by molar-refractivity contribution is 5.82. The molecule has 0 spiro atoms. The van der Waals surface area contributed by atoms with Crippen molar-refractivity contribution in [1.29, 1.82) is 0 Å². The number of carbonyl (C=O) groups excluding carboxylic acids is 1. The predicted molar refractivity (Wildman–Crippen MR) is 91.8 cm³/mol. The van der Waals surface area contributed by atoms with Gasteiger partial charge in [-0.25, -0.2) is 4.79 Å². The van der Waals surface area contributed by atoms with Crippen molar-refractivity contribution in [3.63, 3.8) is 0 Å². The Morgan fingerprint density at radius 3 is 2.32 bits per heavy atom. The molecule has 3 nitrogen and oxygen atoms in total. The van der Waals surface area contributed by atoms with Crippen LogP contribution in [-0.2, 0) is 15.1 Å². The van der Waals surface area contributed by atoms with Gasteiger partial charge in [-0.05, 0) is 32.9 Å². The lowest BCUT2D eigenvalue weighted by molar-refractivity contribution is -0.156. The Kier molecular flexibility index (Phi) is 8.18. The summed E-state index contributed by atoms with van der Waals surface area (Å²) in [6, 6.07) is 9.93. The maximum atomic E-state index is 12.7. The summed E-state index contributed by atoms with van der Waals surface area (Å²) in [5.41, 5.74) is 0.247. The van der Waals surface area contributed by atoms with Gasteiger partial charge in [0.2, 0.25) is 0 Å². The molecule has 0 aromatic heterocycles. The number of hydrogen-bond acceptors (Lipinski definition) is 3. The van der Waals surface area contributed by atoms with Gasteiger partial charge < -0.3 is 10.1 Å². The second kappa shape index (κ2) is 9.62. The molecule has 0 aliphatic rings. The number of likely N-dealkylation sites (N-methyl/N-ethyl adjacent to an activating group) is 1. The lowest BCUT2D eigenvalue weighted by atomic mass is 9.84. The van der Waals surface area contributed by atoms with E-state index in [1.165, 1.54) is 19.3 Å². The molecule has 0 heterocycles. The first-order valence-corrected chi connectivity index (χ1v) is 8.52. The van der Waals surface area contributed by atoms with E-state index in [-0.39, 0.29) is 12.1 Å². The lowest BCUT2D eigenvalue weighted by Crippen LogP contribution is -2.49. The van der Waals surface area contributed by atoms with Crippen molar-refractivity contribution >= 4 is 5.97 Å². The van der Waals surface area contributed by atoms with Gasteiger partial charge in [-0.1, -0.05) is 69.4 Å². The largest absolute Gasteiger partial charge is 0.461 e. The highest BCUT2D eigenvalue weighted by Crippen LogP contribution is 2.29. The number of rotatable bonds is 10. The Morgan fingerprint density at radius 1 is 1.14 bits per heavy atom. The molecule has 1 rings (SSSR count). The van der Waals surface area contributed by atoms with Crippen molar-refractivity contribution < 1.29 is 9.53 Å². The van der Waals surface area contributed by atoms with Gasteiger partial charge in [0, 0.05) is 0 Å². The van der Waals surface area contributed by atoms with Crippen LogP contribution in [0.2, 0.25) is 0 Å². The van der Waals surface area contributed by atoms with E-state index < -0.39 is 5.54 Å². The molecule has 1 N–H and O–H groups in total. The quantitative estimate of drug-likeness (QED) is 0.514. The van der Waals surface area contributed by atoms with E-state index in [0.717, 1.165) is 24.8 Å². The Bertz CT molecular complexity index is 430. The Morgan fingerprint density at radius 2 is 1.77 bits per heavy atom. The van der Waals surface area contributed by atoms with Crippen LogP contribution in [0.3, 0.4) is 0 Å². The van der Waals surface area contributed by atoms with Crippen molar-refractivity contribution in [2.45, 2.75) is 70.9 Å². The highest BCUT2D eigenvalue weighted by atomic mass is 16.5. The summed E-state index contributed by atoms with van der Waals surface area (Å²) < 4.78 is 5.54. The SMILES string of the molecule is CCCCCCC[C@@](NC)(C(=O)OC(C)C)c1ccccc1. The Balaban J connectivity index is 2.89. The monoisotopic (exact) mass is 305 g/mol. The molecule has 1 atom stereocenters. The molecule has 0 saturated carbocycles. The number of esters is 1. The molecule has 124 valence electrons. The zero-order valence-corrected chi connectivity index (χ0v) is 14.5. The number of nitrogens with one attached hydrogen (secondary N) is 1. The van der Waals surface area contributed by atoms with Gasteiger partial charge in [0.05, 0.1) is 6.10 Å². The summed E-state index contributed by atoms with van der Waals surface area (Å²) in [5.74, 6) is -0.174. The van der Waals surface area contributed by atoms with E-state index in [1.807, 2.05) is 51.2 Å². The molecule has 0 radical (unpaired) electrons. The second-order valence-electron chi connectivity index (χ2n) is 6.14. The first-order valence-electron chi connectivity index (χ1n) is 8.52. The molecule has 22 heavy (non-hydrogen) atoms. The van der Waals surface area contributed by atoms with Gasteiger partial charge in [-0.3, -0.25) is 0 Å². The Labute approximate surface area is 135 Å². The molecule has 1 aromatic rings. The lowest BCUT2D eigenvalue weighted by Gasteiger charge is -2.32. The summed E-state index contributed by atoms with van der Waals surface area (Å²) in [4.78, 5) is 12.7. The van der Waals surface area contributed by atoms with E-state index in [2.05, 4.69) is 12.2 Å². The van der Waals surface area contributed by atoms with Crippen molar-refractivity contribution in [1.82, 2.24) is 5.32 Å². The molecule has 0 unspecified atom stereocenters. The number of benzene rings is 1. The van der Waals surface area contributed by atoms with Gasteiger partial charge in [0.1, 0.15) is 5.54 Å². The molecule has 0 aliphatic heterocycles. The van der Waals surface area contributed by atoms with Crippen molar-refractivity contribution in [3.8, 4) is 0 Å². The van der Waals surface area contributed by atoms with Crippen LogP contribution in [0.25, 0.3) is 0 Å². The van der Waals surface area contributed by atoms with Crippen molar-refractivity contribution in [2.75, 3.05) is 7.05 Å². The average Bonchev–Trinajstić information content (AvgIpc) is 2.51. The fraction of sp³-hybridized carbons (Fsp3) is 0.632. The molecule has 0 aliphatic carbocycles. The molecule has 0 bridgehead atoms. The van der Waals surface area contributed by atoms with Crippen LogP contribution in [0.15, 0.2) is 30.3 Å². The molecule has 0 amide bonds. The number of unbranched alkanes of at least 4 members (excludes halogenated alkanes) is 4. The van der Waals surface area contributed by atoms with Crippen LogP contribution in [0, 0.1) is 0 Å². The molecular weight excluding hydrogens is 274 g/mol. The number of ether oxygens (including phenoxy) is 1. The van der Waals surface area contributed by atoms with Crippen LogP contribution in [0.1, 0.15) is 64.9 Å². The maximum Gasteiger partial charge on any atom is 0.331 e. The summed E-state index contributed by atoms with van der Waals surface area (Å²) in [6.45, 7) is 6.00. The average molecular weight is 305 g/mol. The van der Waals surface area contributed by atoms with Crippen LogP contribution in [0.4, 0.5) is 0 Å². The number of hydrogen-bond donors (Lipinski definition) is 1. The first-order chi connectivity index (χ1) is 10.6. The normalized spacial score (nSPS) is 13.9. The standard InChI is InChI=1S/C19H31NO2/c1-5-6-7-8-12-15-19(20-4,18(21)22-16(2)3)17-13-10-9-11-14-17/h9-11,13-14,16,20H,5-8,12,15H2,1-4H3/t19-/m0/s1. The molecule has 0 saturated heterocycles. The van der Waals surface area contributed by atoms with E-state index in [0.29, 0.717) is 0 Å². The smallest absolute Gasteiger partial charge is 0.331 e. The minimum absolute atomic E-state index is 0.107. The highest BCUT2D eigenvalue weighted by Gasteiger charge is 2.40. The molecular formula is C19H31NO2. The van der Waals surface area contributed by atoms with Crippen LogP contribution in [0.5, 0.6) is 0 Å². The third kappa shape index (κ3) is 5.13. The van der Waals surface area contributed by atoms with Gasteiger partial charge >= 0.3 is 5.97 Å². The summed E-state index contributed by atoms with van der Waals surface area (Å²) >= 11 is 0. The zero-order valence-electron chi connectivity index (χ0n) is 14.5. The summed E-state index contributed by atoms with van der Waals surface area (Å²) in [7, 11) is 1.85. The maximum absolute atomic E-state index is 12.7. The van der Waals surface area contributed by atoms with E-state index >= 15 is 0 Å². The molecule has 1 aromatic carbocycles. The minimum atomic E-state index is -0.738. The fourth-order valence-corrected chi connectivity index (χ4v) is 2.77. The van der Waals surface area contributed by atoms with E-state index in [9.17, 15) is 4.79 Å². The Hall–Kier alpha value is -1.35. The van der Waals surface area contributed by atoms with Gasteiger partial charge in [0.15, 0.2) is 0 Å². The first kappa shape index (κ1) is 18.7. The second-order valence-corrected chi connectivity index (χ2v) is 6.14. The number of carbonyl (C=O) groups is 1. The topological polar surface area (TPSA) is 38.3 Å². The van der Waals surface area contributed by atoms with Crippen LogP contribution in [-0.4, -0.2) is 19.1 Å². The summed E-state index contributed by atoms with van der Waals surface area (Å²) in [5, 5.41) is 3.25. The molecule has 3 heteroatoms. The minimum Gasteiger partial charge on any atom is -0.461 e. The van der Waals surface area contributed by atoms with Crippen molar-refractivity contribution in [3.05, 3.63) is 35.9 Å². The molecule has 0 fully saturated rings. The van der Waals surface area contributed by atoms with Gasteiger partial charge in [-0.2, -0.15) is 0 Å². The van der Waals surface area contributed by atoms with Crippen molar-refractivity contribution in [2.24, 2.45) is 0 Å². The predicted octanol–water partition coefficient (Wildman–Crippen LogP) is 4.41. The van der Waals surface area contributed by atoms with E-state index in [1.54, 1.807) is 0 Å². The third-order valence-electron chi connectivity index (χ3n) is 4.04. The summed E-state index contributed by atoms with van der Waals surface area (Å²) in [6.07, 6.45) is 6.54.